The van der Waals surface area contributed by atoms with Gasteiger partial charge in [-0.1, -0.05) is 132 Å². The van der Waals surface area contributed by atoms with Gasteiger partial charge in [0.2, 0.25) is 5.95 Å². The van der Waals surface area contributed by atoms with Crippen LogP contribution in [-0.2, 0) is 0 Å². The van der Waals surface area contributed by atoms with Gasteiger partial charge in [0, 0.05) is 38.2 Å². The van der Waals surface area contributed by atoms with E-state index >= 15 is 0 Å². The summed E-state index contributed by atoms with van der Waals surface area (Å²) in [6.45, 7) is 4.35. The highest BCUT2D eigenvalue weighted by Crippen LogP contribution is 2.42. The molecule has 54 heavy (non-hydrogen) atoms. The number of aromatic nitrogens is 4. The summed E-state index contributed by atoms with van der Waals surface area (Å²) in [5.74, 6) is 0.656. The van der Waals surface area contributed by atoms with Crippen LogP contribution in [0.5, 0.6) is 0 Å². The molecule has 11 aromatic rings. The van der Waals surface area contributed by atoms with Gasteiger partial charge in [-0.25, -0.2) is 9.97 Å². The predicted molar refractivity (Wildman–Crippen MR) is 226 cm³/mol. The van der Waals surface area contributed by atoms with Crippen LogP contribution in [0.4, 0.5) is 0 Å². The number of aryl methyl sites for hydroxylation is 2. The molecule has 0 unspecified atom stereocenters. The molecular weight excluding hydrogens is 657 g/mol. The molecule has 0 aliphatic carbocycles. The summed E-state index contributed by atoms with van der Waals surface area (Å²) in [5, 5.41) is 8.28. The number of benzene rings is 8. The molecule has 0 spiro atoms. The Morgan fingerprint density at radius 1 is 0.389 bits per heavy atom. The second-order valence-corrected chi connectivity index (χ2v) is 14.4. The lowest BCUT2D eigenvalue weighted by Gasteiger charge is -2.14. The van der Waals surface area contributed by atoms with Gasteiger partial charge < -0.3 is 4.57 Å². The Balaban J connectivity index is 1.21. The number of fused-ring (bicyclic) bond motifs is 9. The average Bonchev–Trinajstić information content (AvgIpc) is 3.73. The third kappa shape index (κ3) is 4.56. The van der Waals surface area contributed by atoms with Crippen LogP contribution < -0.4 is 0 Å². The third-order valence-corrected chi connectivity index (χ3v) is 11.0. The predicted octanol–water partition coefficient (Wildman–Crippen LogP) is 12.9. The molecule has 11 rings (SSSR count). The molecule has 4 heteroatoms. The molecular formula is C50H34N4. The smallest absolute Gasteiger partial charge is 0.235 e. The monoisotopic (exact) mass is 690 g/mol. The Morgan fingerprint density at radius 3 is 1.78 bits per heavy atom. The van der Waals surface area contributed by atoms with Crippen LogP contribution in [0.3, 0.4) is 0 Å². The maximum absolute atomic E-state index is 5.52. The first kappa shape index (κ1) is 30.6. The molecule has 4 nitrogen and oxygen atoms in total. The van der Waals surface area contributed by atoms with Crippen molar-refractivity contribution in [2.45, 2.75) is 13.8 Å². The minimum atomic E-state index is 0.656. The molecule has 0 fully saturated rings. The van der Waals surface area contributed by atoms with Gasteiger partial charge >= 0.3 is 0 Å². The highest BCUT2D eigenvalue weighted by molar-refractivity contribution is 6.24. The lowest BCUT2D eigenvalue weighted by molar-refractivity contribution is 1.01. The Hall–Kier alpha value is -7.04. The Morgan fingerprint density at radius 2 is 1.00 bits per heavy atom. The third-order valence-electron chi connectivity index (χ3n) is 11.0. The summed E-state index contributed by atoms with van der Waals surface area (Å²) in [6.07, 6.45) is 0. The molecule has 8 aromatic carbocycles. The van der Waals surface area contributed by atoms with E-state index in [4.69, 9.17) is 9.97 Å². The first-order valence-corrected chi connectivity index (χ1v) is 18.5. The quantitative estimate of drug-likeness (QED) is 0.184. The molecule has 3 aromatic heterocycles. The fourth-order valence-electron chi connectivity index (χ4n) is 8.77. The van der Waals surface area contributed by atoms with Crippen molar-refractivity contribution in [1.82, 2.24) is 19.1 Å². The van der Waals surface area contributed by atoms with Crippen molar-refractivity contribution >= 4 is 65.3 Å². The van der Waals surface area contributed by atoms with Gasteiger partial charge in [0.05, 0.1) is 33.3 Å². The van der Waals surface area contributed by atoms with Gasteiger partial charge in [-0.15, -0.1) is 0 Å². The lowest BCUT2D eigenvalue weighted by Crippen LogP contribution is -2.03. The van der Waals surface area contributed by atoms with Crippen LogP contribution in [0.2, 0.25) is 0 Å². The average molecular weight is 691 g/mol. The summed E-state index contributed by atoms with van der Waals surface area (Å²) < 4.78 is 4.63. The second kappa shape index (κ2) is 11.7. The summed E-state index contributed by atoms with van der Waals surface area (Å²) in [4.78, 5) is 10.8. The second-order valence-electron chi connectivity index (χ2n) is 14.4. The zero-order chi connectivity index (χ0) is 35.9. The topological polar surface area (TPSA) is 35.6 Å². The van der Waals surface area contributed by atoms with E-state index in [1.165, 1.54) is 60.1 Å². The summed E-state index contributed by atoms with van der Waals surface area (Å²) in [6, 6.07) is 61.1. The fraction of sp³-hybridized carbons (Fsp3) is 0.0400. The molecule has 0 bridgehead atoms. The molecule has 0 N–H and O–H groups in total. The molecule has 0 amide bonds. The van der Waals surface area contributed by atoms with Crippen LogP contribution in [-0.4, -0.2) is 19.1 Å². The maximum atomic E-state index is 5.52. The van der Waals surface area contributed by atoms with E-state index in [0.717, 1.165) is 44.4 Å². The summed E-state index contributed by atoms with van der Waals surface area (Å²) in [5.41, 5.74) is 13.5. The Labute approximate surface area is 312 Å². The molecule has 0 aliphatic heterocycles. The largest absolute Gasteiger partial charge is 0.309 e. The highest BCUT2D eigenvalue weighted by atomic mass is 15.2. The van der Waals surface area contributed by atoms with E-state index in [9.17, 15) is 0 Å². The normalized spacial score (nSPS) is 11.9. The maximum Gasteiger partial charge on any atom is 0.235 e. The van der Waals surface area contributed by atoms with Gasteiger partial charge in [0.1, 0.15) is 0 Å². The van der Waals surface area contributed by atoms with E-state index in [1.807, 2.05) is 0 Å². The number of rotatable bonds is 4. The van der Waals surface area contributed by atoms with Gasteiger partial charge in [0.25, 0.3) is 0 Å². The van der Waals surface area contributed by atoms with Gasteiger partial charge in [-0.05, 0) is 84.3 Å². The fourth-order valence-corrected chi connectivity index (χ4v) is 8.77. The Kier molecular flexibility index (Phi) is 6.65. The minimum Gasteiger partial charge on any atom is -0.309 e. The van der Waals surface area contributed by atoms with Gasteiger partial charge in [0.15, 0.2) is 0 Å². The van der Waals surface area contributed by atoms with E-state index in [-0.39, 0.29) is 0 Å². The zero-order valence-electron chi connectivity index (χ0n) is 30.0. The standard InChI is InChI=1S/C50H34N4/c1-31-26-32(2)28-34(27-31)41-30-47-48(38-18-7-6-16-36(38)41)40-20-10-13-23-45(40)54(47)50-51-43-21-11-8-19-39(43)49(52-50)33-24-25-46-42(29-33)37-17-9-12-22-44(37)53(46)35-14-4-3-5-15-35/h3-30H,1-2H3. The molecule has 0 saturated heterocycles. The SMILES string of the molecule is Cc1cc(C)cc(-c2cc3c(c4ccccc24)c2ccccc2n3-c2nc(-c3ccc4c(c3)c3ccccc3n4-c3ccccc3)c3ccccc3n2)c1. The first-order chi connectivity index (χ1) is 26.6. The number of nitrogens with zero attached hydrogens (tertiary/aromatic N) is 4. The number of hydrogen-bond acceptors (Lipinski definition) is 2. The van der Waals surface area contributed by atoms with Crippen molar-refractivity contribution in [3.8, 4) is 34.0 Å². The highest BCUT2D eigenvalue weighted by Gasteiger charge is 2.21. The molecule has 0 atom stereocenters. The van der Waals surface area contributed by atoms with Crippen LogP contribution in [0.15, 0.2) is 170 Å². The van der Waals surface area contributed by atoms with Crippen molar-refractivity contribution in [2.24, 2.45) is 0 Å². The number of hydrogen-bond donors (Lipinski definition) is 0. The first-order valence-electron chi connectivity index (χ1n) is 18.5. The van der Waals surface area contributed by atoms with E-state index in [2.05, 4.69) is 193 Å². The van der Waals surface area contributed by atoms with Crippen LogP contribution in [0.1, 0.15) is 11.1 Å². The van der Waals surface area contributed by atoms with Crippen molar-refractivity contribution in [3.63, 3.8) is 0 Å². The van der Waals surface area contributed by atoms with Crippen molar-refractivity contribution in [1.29, 1.82) is 0 Å². The zero-order valence-corrected chi connectivity index (χ0v) is 30.0. The van der Waals surface area contributed by atoms with Gasteiger partial charge in [-0.2, -0.15) is 0 Å². The Bertz CT molecular complexity index is 3270. The molecule has 3 heterocycles. The van der Waals surface area contributed by atoms with Crippen LogP contribution in [0.25, 0.3) is 99.3 Å². The summed E-state index contributed by atoms with van der Waals surface area (Å²) >= 11 is 0. The van der Waals surface area contributed by atoms with Crippen molar-refractivity contribution in [3.05, 3.63) is 181 Å². The molecule has 254 valence electrons. The summed E-state index contributed by atoms with van der Waals surface area (Å²) in [7, 11) is 0. The van der Waals surface area contributed by atoms with E-state index < -0.39 is 0 Å². The van der Waals surface area contributed by atoms with Crippen molar-refractivity contribution < 1.29 is 0 Å². The molecule has 0 radical (unpaired) electrons. The van der Waals surface area contributed by atoms with Gasteiger partial charge in [-0.3, -0.25) is 4.57 Å². The van der Waals surface area contributed by atoms with Crippen molar-refractivity contribution in [2.75, 3.05) is 0 Å². The van der Waals surface area contributed by atoms with E-state index in [0.29, 0.717) is 5.95 Å². The van der Waals surface area contributed by atoms with Crippen LogP contribution in [0, 0.1) is 13.8 Å². The van der Waals surface area contributed by atoms with Crippen LogP contribution >= 0.6 is 0 Å². The lowest BCUT2D eigenvalue weighted by atomic mass is 9.93. The molecule has 0 aliphatic rings. The van der Waals surface area contributed by atoms with E-state index in [1.54, 1.807) is 0 Å². The molecule has 0 saturated carbocycles. The minimum absolute atomic E-state index is 0.656. The number of para-hydroxylation sites is 4.